The summed E-state index contributed by atoms with van der Waals surface area (Å²) in [6.07, 6.45) is 11.1. The number of hydrogen-bond acceptors (Lipinski definition) is 6. The highest BCUT2D eigenvalue weighted by atomic mass is 32.2. The van der Waals surface area contributed by atoms with Crippen LogP contribution in [0.1, 0.15) is 54.0 Å². The number of urea groups is 1. The molecular formula is C40H38N4O2S3. The van der Waals surface area contributed by atoms with E-state index in [0.29, 0.717) is 22.2 Å². The normalized spacial score (nSPS) is 20.0. The number of carbonyl (C=O) groups excluding carboxylic acids is 2. The number of amides is 3. The average Bonchev–Trinajstić information content (AvgIpc) is 3.45. The van der Waals surface area contributed by atoms with Gasteiger partial charge in [-0.15, -0.1) is 34.9 Å². The fourth-order valence-electron chi connectivity index (χ4n) is 6.80. The summed E-state index contributed by atoms with van der Waals surface area (Å²) in [5.74, 6) is 0.355. The molecule has 248 valence electrons. The van der Waals surface area contributed by atoms with Gasteiger partial charge in [-0.2, -0.15) is 5.26 Å². The molecule has 0 bridgehead atoms. The molecule has 3 amide bonds. The largest absolute Gasteiger partial charge is 0.326 e. The maximum absolute atomic E-state index is 14.1. The second-order valence-electron chi connectivity index (χ2n) is 13.7. The van der Waals surface area contributed by atoms with Gasteiger partial charge >= 0.3 is 6.03 Å². The zero-order chi connectivity index (χ0) is 34.1. The minimum Gasteiger partial charge on any atom is -0.315 e. The number of anilines is 3. The van der Waals surface area contributed by atoms with E-state index in [2.05, 4.69) is 55.7 Å². The Morgan fingerprint density at radius 2 is 1.76 bits per heavy atom. The highest BCUT2D eigenvalue weighted by Gasteiger charge is 2.37. The van der Waals surface area contributed by atoms with Crippen LogP contribution in [0.5, 0.6) is 0 Å². The number of allylic oxidation sites excluding steroid dienone is 2. The van der Waals surface area contributed by atoms with Crippen LogP contribution in [0, 0.1) is 22.7 Å². The molecule has 6 nitrogen and oxygen atoms in total. The molecule has 0 fully saturated rings. The zero-order valence-electron chi connectivity index (χ0n) is 27.7. The first kappa shape index (κ1) is 33.3. The maximum atomic E-state index is 14.1. The molecule has 4 atom stereocenters. The van der Waals surface area contributed by atoms with Gasteiger partial charge in [0.25, 0.3) is 0 Å². The summed E-state index contributed by atoms with van der Waals surface area (Å²) in [5, 5.41) is 16.7. The Hall–Kier alpha value is -4.23. The number of benzene rings is 3. The van der Waals surface area contributed by atoms with Crippen molar-refractivity contribution in [3.05, 3.63) is 125 Å². The Morgan fingerprint density at radius 1 is 0.980 bits per heavy atom. The Labute approximate surface area is 300 Å². The Kier molecular flexibility index (Phi) is 9.47. The first-order valence-electron chi connectivity index (χ1n) is 16.6. The second kappa shape index (κ2) is 13.9. The molecule has 9 heteroatoms. The smallest absolute Gasteiger partial charge is 0.315 e. The van der Waals surface area contributed by atoms with Crippen LogP contribution in [-0.2, 0) is 17.6 Å². The quantitative estimate of drug-likeness (QED) is 0.195. The highest BCUT2D eigenvalue weighted by Crippen LogP contribution is 2.46. The van der Waals surface area contributed by atoms with Gasteiger partial charge in [-0.1, -0.05) is 93.6 Å². The summed E-state index contributed by atoms with van der Waals surface area (Å²) < 4.78 is 0. The van der Waals surface area contributed by atoms with E-state index in [9.17, 15) is 14.9 Å². The number of carbonyl (C=O) groups is 2. The summed E-state index contributed by atoms with van der Waals surface area (Å²) in [5.41, 5.74) is 4.28. The summed E-state index contributed by atoms with van der Waals surface area (Å²) in [4.78, 5) is 33.0. The molecular weight excluding hydrogens is 665 g/mol. The van der Waals surface area contributed by atoms with E-state index in [0.717, 1.165) is 45.9 Å². The van der Waals surface area contributed by atoms with E-state index in [1.165, 1.54) is 16.6 Å². The van der Waals surface area contributed by atoms with Gasteiger partial charge in [-0.05, 0) is 72.1 Å². The number of nitrogens with zero attached hydrogens (tertiary/aromatic N) is 2. The van der Waals surface area contributed by atoms with Crippen LogP contribution >= 0.6 is 34.9 Å². The SMILES string of the molecule is CC(C)(C)C1CCc2c(sc(NC(=O)C(Sc3cccc(NC(=O)N4c5ccccc5SC5C=CC=CC54)c3)c3ccccc3)c2C#N)C1. The highest BCUT2D eigenvalue weighted by molar-refractivity contribution is 8.00. The van der Waals surface area contributed by atoms with Gasteiger partial charge in [0.2, 0.25) is 5.91 Å². The van der Waals surface area contributed by atoms with Crippen molar-refractivity contribution in [1.82, 2.24) is 0 Å². The molecule has 0 saturated heterocycles. The zero-order valence-corrected chi connectivity index (χ0v) is 30.1. The van der Waals surface area contributed by atoms with E-state index in [-0.39, 0.29) is 28.6 Å². The Morgan fingerprint density at radius 3 is 2.55 bits per heavy atom. The minimum atomic E-state index is -0.578. The fraction of sp³-hybridized carbons (Fsp3) is 0.275. The van der Waals surface area contributed by atoms with Gasteiger partial charge < -0.3 is 10.6 Å². The monoisotopic (exact) mass is 702 g/mol. The summed E-state index contributed by atoms with van der Waals surface area (Å²) >= 11 is 4.75. The number of nitriles is 1. The maximum Gasteiger partial charge on any atom is 0.326 e. The van der Waals surface area contributed by atoms with Gasteiger partial charge in [0, 0.05) is 20.4 Å². The van der Waals surface area contributed by atoms with E-state index in [4.69, 9.17) is 0 Å². The third-order valence-electron chi connectivity index (χ3n) is 9.48. The number of para-hydroxylation sites is 1. The van der Waals surface area contributed by atoms with Crippen LogP contribution in [0.25, 0.3) is 0 Å². The molecule has 2 aliphatic carbocycles. The van der Waals surface area contributed by atoms with Gasteiger partial charge in [-0.3, -0.25) is 9.69 Å². The van der Waals surface area contributed by atoms with Crippen LogP contribution in [0.3, 0.4) is 0 Å². The molecule has 2 heterocycles. The van der Waals surface area contributed by atoms with Crippen molar-refractivity contribution in [3.8, 4) is 6.07 Å². The molecule has 3 aliphatic rings. The summed E-state index contributed by atoms with van der Waals surface area (Å²) in [6.45, 7) is 6.83. The van der Waals surface area contributed by atoms with Crippen LogP contribution in [0.4, 0.5) is 21.2 Å². The molecule has 4 unspecified atom stereocenters. The predicted molar refractivity (Wildman–Crippen MR) is 204 cm³/mol. The number of rotatable bonds is 6. The fourth-order valence-corrected chi connectivity index (χ4v) is 10.4. The first-order valence-corrected chi connectivity index (χ1v) is 19.2. The van der Waals surface area contributed by atoms with Gasteiger partial charge in [0.05, 0.1) is 22.5 Å². The van der Waals surface area contributed by atoms with Crippen molar-refractivity contribution in [2.75, 3.05) is 15.5 Å². The Balaban J connectivity index is 1.12. The van der Waals surface area contributed by atoms with Crippen LogP contribution in [0.2, 0.25) is 0 Å². The topological polar surface area (TPSA) is 85.2 Å². The van der Waals surface area contributed by atoms with Crippen molar-refractivity contribution in [3.63, 3.8) is 0 Å². The van der Waals surface area contributed by atoms with Gasteiger partial charge in [0.1, 0.15) is 16.3 Å². The first-order chi connectivity index (χ1) is 23.7. The molecule has 0 spiro atoms. The molecule has 2 N–H and O–H groups in total. The number of fused-ring (bicyclic) bond motifs is 3. The molecule has 0 radical (unpaired) electrons. The predicted octanol–water partition coefficient (Wildman–Crippen LogP) is 10.3. The molecule has 3 aromatic carbocycles. The van der Waals surface area contributed by atoms with E-state index in [1.54, 1.807) is 23.1 Å². The molecule has 7 rings (SSSR count). The number of thioether (sulfide) groups is 2. The van der Waals surface area contributed by atoms with Crippen molar-refractivity contribution in [2.24, 2.45) is 11.3 Å². The van der Waals surface area contributed by atoms with Crippen LogP contribution in [0.15, 0.2) is 113 Å². The van der Waals surface area contributed by atoms with Crippen LogP contribution < -0.4 is 15.5 Å². The van der Waals surface area contributed by atoms with Crippen molar-refractivity contribution < 1.29 is 9.59 Å². The molecule has 1 aliphatic heterocycles. The number of hydrogen-bond donors (Lipinski definition) is 2. The third-order valence-corrected chi connectivity index (χ3v) is 13.2. The molecule has 4 aromatic rings. The van der Waals surface area contributed by atoms with E-state index < -0.39 is 5.25 Å². The van der Waals surface area contributed by atoms with Crippen molar-refractivity contribution in [1.29, 1.82) is 5.26 Å². The lowest BCUT2D eigenvalue weighted by molar-refractivity contribution is -0.115. The van der Waals surface area contributed by atoms with E-state index >= 15 is 0 Å². The van der Waals surface area contributed by atoms with Crippen LogP contribution in [-0.4, -0.2) is 23.2 Å². The van der Waals surface area contributed by atoms with Crippen molar-refractivity contribution >= 4 is 63.2 Å². The lowest BCUT2D eigenvalue weighted by Gasteiger charge is -2.40. The summed E-state index contributed by atoms with van der Waals surface area (Å²) in [7, 11) is 0. The van der Waals surface area contributed by atoms with Gasteiger partial charge in [0.15, 0.2) is 0 Å². The molecule has 0 saturated carbocycles. The van der Waals surface area contributed by atoms with Crippen molar-refractivity contribution in [2.45, 2.75) is 66.4 Å². The third kappa shape index (κ3) is 6.96. The minimum absolute atomic E-state index is 0.103. The number of thiophene rings is 1. The standard InChI is InChI=1S/C40H38N4O2S3/c1-40(2,3)26-20-21-29-30(24-41)38(49-35(29)22-26)43-37(45)36(25-12-5-4-6-13-25)47-28-15-11-14-27(23-28)42-39(46)44-31-16-7-9-18-33(31)48-34-19-10-8-17-32(34)44/h4-19,23,26,31,33,36H,20-22H2,1-3H3,(H,42,46)(H,43,45). The van der Waals surface area contributed by atoms with E-state index in [1.807, 2.05) is 89.8 Å². The lowest BCUT2D eigenvalue weighted by atomic mass is 9.72. The lowest BCUT2D eigenvalue weighted by Crippen LogP contribution is -2.49. The second-order valence-corrected chi connectivity index (χ2v) is 17.2. The molecule has 49 heavy (non-hydrogen) atoms. The average molecular weight is 703 g/mol. The van der Waals surface area contributed by atoms with Gasteiger partial charge in [-0.25, -0.2) is 4.79 Å². The Bertz CT molecular complexity index is 1990. The summed E-state index contributed by atoms with van der Waals surface area (Å²) in [6, 6.07) is 27.5. The molecule has 1 aromatic heterocycles. The number of nitrogens with one attached hydrogen (secondary N) is 2.